The largest absolute Gasteiger partial charge is 0.339 e. The van der Waals surface area contributed by atoms with Crippen LogP contribution in [0.25, 0.3) is 0 Å². The van der Waals surface area contributed by atoms with E-state index in [4.69, 9.17) is 0 Å². The van der Waals surface area contributed by atoms with Gasteiger partial charge < -0.3 is 4.90 Å². The van der Waals surface area contributed by atoms with Crippen LogP contribution < -0.4 is 0 Å². The van der Waals surface area contributed by atoms with Crippen molar-refractivity contribution in [3.8, 4) is 0 Å². The third-order valence-electron chi connectivity index (χ3n) is 2.17. The van der Waals surface area contributed by atoms with Gasteiger partial charge in [-0.05, 0) is 26.7 Å². The van der Waals surface area contributed by atoms with Crippen molar-refractivity contribution in [3.05, 3.63) is 11.6 Å². The van der Waals surface area contributed by atoms with Crippen LogP contribution in [-0.2, 0) is 4.79 Å². The Bertz CT molecular complexity index is 184. The van der Waals surface area contributed by atoms with Gasteiger partial charge in [-0.15, -0.1) is 0 Å². The first-order valence-electron chi connectivity index (χ1n) is 4.24. The fourth-order valence-corrected chi connectivity index (χ4v) is 1.44. The maximum Gasteiger partial charge on any atom is 0.249 e. The van der Waals surface area contributed by atoms with Crippen LogP contribution in [-0.4, -0.2) is 23.9 Å². The molecule has 0 aromatic carbocycles. The van der Waals surface area contributed by atoms with Crippen LogP contribution in [0.4, 0.5) is 0 Å². The van der Waals surface area contributed by atoms with Crippen molar-refractivity contribution in [2.75, 3.05) is 13.1 Å². The Labute approximate surface area is 67.9 Å². The van der Waals surface area contributed by atoms with Crippen molar-refractivity contribution in [3.63, 3.8) is 0 Å². The lowest BCUT2D eigenvalue weighted by atomic mass is 10.0. The summed E-state index contributed by atoms with van der Waals surface area (Å²) in [4.78, 5) is 13.3. The number of carbonyl (C=O) groups is 1. The first kappa shape index (κ1) is 8.31. The zero-order chi connectivity index (χ0) is 8.27. The number of rotatable bonds is 1. The molecule has 1 heterocycles. The molecule has 0 radical (unpaired) electrons. The molecule has 62 valence electrons. The molecule has 1 rings (SSSR count). The summed E-state index contributed by atoms with van der Waals surface area (Å²) in [5.74, 6) is 0.237. The molecule has 1 fully saturated rings. The standard InChI is InChI=1S/C9H15NO/c1-3-8-6-5-7-10(4-2)9(8)11/h3H,4-7H2,1-2H3/b8-3+. The number of hydrogen-bond donors (Lipinski definition) is 0. The molecule has 0 aromatic heterocycles. The molecule has 1 aliphatic rings. The van der Waals surface area contributed by atoms with Crippen LogP contribution in [0.2, 0.25) is 0 Å². The molecule has 0 atom stereocenters. The summed E-state index contributed by atoms with van der Waals surface area (Å²) in [6, 6.07) is 0. The minimum Gasteiger partial charge on any atom is -0.339 e. The molecule has 0 bridgehead atoms. The second kappa shape index (κ2) is 3.56. The summed E-state index contributed by atoms with van der Waals surface area (Å²) < 4.78 is 0. The fraction of sp³-hybridized carbons (Fsp3) is 0.667. The number of piperidine rings is 1. The Morgan fingerprint density at radius 2 is 2.36 bits per heavy atom. The summed E-state index contributed by atoms with van der Waals surface area (Å²) >= 11 is 0. The molecular formula is C9H15NO. The normalized spacial score (nSPS) is 22.9. The number of hydrogen-bond acceptors (Lipinski definition) is 1. The van der Waals surface area contributed by atoms with Crippen LogP contribution in [0.1, 0.15) is 26.7 Å². The van der Waals surface area contributed by atoms with E-state index in [1.807, 2.05) is 24.8 Å². The van der Waals surface area contributed by atoms with E-state index in [0.29, 0.717) is 0 Å². The van der Waals surface area contributed by atoms with Gasteiger partial charge in [-0.3, -0.25) is 4.79 Å². The van der Waals surface area contributed by atoms with E-state index in [9.17, 15) is 4.79 Å². The molecule has 0 aromatic rings. The van der Waals surface area contributed by atoms with Crippen molar-refractivity contribution in [2.45, 2.75) is 26.7 Å². The van der Waals surface area contributed by atoms with Crippen LogP contribution in [0.15, 0.2) is 11.6 Å². The Balaban J connectivity index is 2.67. The molecule has 0 unspecified atom stereocenters. The van der Waals surface area contributed by atoms with E-state index in [-0.39, 0.29) is 5.91 Å². The Morgan fingerprint density at radius 1 is 1.64 bits per heavy atom. The average molecular weight is 153 g/mol. The van der Waals surface area contributed by atoms with Gasteiger partial charge in [-0.25, -0.2) is 0 Å². The minimum absolute atomic E-state index is 0.237. The number of likely N-dealkylation sites (tertiary alicyclic amines) is 1. The maximum absolute atomic E-state index is 11.4. The zero-order valence-corrected chi connectivity index (χ0v) is 7.26. The highest BCUT2D eigenvalue weighted by Crippen LogP contribution is 2.15. The van der Waals surface area contributed by atoms with Gasteiger partial charge in [0.05, 0.1) is 0 Å². The molecular weight excluding hydrogens is 138 g/mol. The topological polar surface area (TPSA) is 20.3 Å². The van der Waals surface area contributed by atoms with Gasteiger partial charge >= 0.3 is 0 Å². The first-order valence-corrected chi connectivity index (χ1v) is 4.24. The molecule has 1 amide bonds. The molecule has 1 saturated heterocycles. The van der Waals surface area contributed by atoms with E-state index in [1.165, 1.54) is 0 Å². The Hall–Kier alpha value is -0.790. The van der Waals surface area contributed by atoms with Gasteiger partial charge in [0, 0.05) is 18.7 Å². The number of carbonyl (C=O) groups excluding carboxylic acids is 1. The third-order valence-corrected chi connectivity index (χ3v) is 2.17. The Kier molecular flexibility index (Phi) is 2.69. The summed E-state index contributed by atoms with van der Waals surface area (Å²) in [5.41, 5.74) is 0.984. The van der Waals surface area contributed by atoms with Crippen molar-refractivity contribution in [1.82, 2.24) is 4.90 Å². The quantitative estimate of drug-likeness (QED) is 0.524. The molecule has 11 heavy (non-hydrogen) atoms. The van der Waals surface area contributed by atoms with Gasteiger partial charge in [-0.1, -0.05) is 6.08 Å². The molecule has 0 spiro atoms. The highest BCUT2D eigenvalue weighted by molar-refractivity contribution is 5.93. The summed E-state index contributed by atoms with van der Waals surface area (Å²) in [7, 11) is 0. The van der Waals surface area contributed by atoms with Gasteiger partial charge in [-0.2, -0.15) is 0 Å². The van der Waals surface area contributed by atoms with E-state index in [0.717, 1.165) is 31.5 Å². The fourth-order valence-electron chi connectivity index (χ4n) is 1.44. The molecule has 0 saturated carbocycles. The summed E-state index contributed by atoms with van der Waals surface area (Å²) in [5, 5.41) is 0. The zero-order valence-electron chi connectivity index (χ0n) is 7.26. The number of amides is 1. The van der Waals surface area contributed by atoms with Crippen LogP contribution in [0.3, 0.4) is 0 Å². The molecule has 2 heteroatoms. The van der Waals surface area contributed by atoms with Crippen molar-refractivity contribution >= 4 is 5.91 Å². The molecule has 2 nitrogen and oxygen atoms in total. The molecule has 0 N–H and O–H groups in total. The molecule has 0 aliphatic carbocycles. The van der Waals surface area contributed by atoms with Gasteiger partial charge in [0.15, 0.2) is 0 Å². The predicted molar refractivity (Wildman–Crippen MR) is 45.2 cm³/mol. The van der Waals surface area contributed by atoms with E-state index in [1.54, 1.807) is 0 Å². The van der Waals surface area contributed by atoms with Gasteiger partial charge in [0.1, 0.15) is 0 Å². The van der Waals surface area contributed by atoms with Crippen molar-refractivity contribution in [2.24, 2.45) is 0 Å². The van der Waals surface area contributed by atoms with E-state index < -0.39 is 0 Å². The second-order valence-corrected chi connectivity index (χ2v) is 2.80. The lowest BCUT2D eigenvalue weighted by Gasteiger charge is -2.26. The van der Waals surface area contributed by atoms with Gasteiger partial charge in [0.25, 0.3) is 0 Å². The average Bonchev–Trinajstić information content (AvgIpc) is 2.05. The third kappa shape index (κ3) is 1.62. The minimum atomic E-state index is 0.237. The highest BCUT2D eigenvalue weighted by Gasteiger charge is 2.20. The number of allylic oxidation sites excluding steroid dienone is 1. The maximum atomic E-state index is 11.4. The summed E-state index contributed by atoms with van der Waals surface area (Å²) in [6.45, 7) is 5.74. The van der Waals surface area contributed by atoms with Crippen molar-refractivity contribution < 1.29 is 4.79 Å². The first-order chi connectivity index (χ1) is 5.29. The van der Waals surface area contributed by atoms with Gasteiger partial charge in [0.2, 0.25) is 5.91 Å². The number of nitrogens with zero attached hydrogens (tertiary/aromatic N) is 1. The monoisotopic (exact) mass is 153 g/mol. The van der Waals surface area contributed by atoms with Crippen LogP contribution in [0.5, 0.6) is 0 Å². The highest BCUT2D eigenvalue weighted by atomic mass is 16.2. The summed E-state index contributed by atoms with van der Waals surface area (Å²) in [6.07, 6.45) is 4.02. The lowest BCUT2D eigenvalue weighted by Crippen LogP contribution is -2.36. The number of likely N-dealkylation sites (N-methyl/N-ethyl adjacent to an activating group) is 1. The predicted octanol–water partition coefficient (Wildman–Crippen LogP) is 1.58. The smallest absolute Gasteiger partial charge is 0.249 e. The van der Waals surface area contributed by atoms with E-state index in [2.05, 4.69) is 0 Å². The van der Waals surface area contributed by atoms with E-state index >= 15 is 0 Å². The SMILES string of the molecule is C/C=C1\CCCN(CC)C1=O. The second-order valence-electron chi connectivity index (χ2n) is 2.80. The van der Waals surface area contributed by atoms with Crippen molar-refractivity contribution in [1.29, 1.82) is 0 Å². The Morgan fingerprint density at radius 3 is 2.91 bits per heavy atom. The van der Waals surface area contributed by atoms with Crippen LogP contribution >= 0.6 is 0 Å². The van der Waals surface area contributed by atoms with Crippen LogP contribution in [0, 0.1) is 0 Å². The lowest BCUT2D eigenvalue weighted by molar-refractivity contribution is -0.128. The molecule has 1 aliphatic heterocycles.